The second-order valence-corrected chi connectivity index (χ2v) is 1.99. The summed E-state index contributed by atoms with van der Waals surface area (Å²) in [6.07, 6.45) is 1.41. The van der Waals surface area contributed by atoms with Crippen molar-refractivity contribution in [2.24, 2.45) is 4.99 Å². The zero-order chi connectivity index (χ0) is 7.52. The third-order valence-corrected chi connectivity index (χ3v) is 1.23. The van der Waals surface area contributed by atoms with E-state index in [0.29, 0.717) is 25.1 Å². The molecular formula is C5H7N5O. The third kappa shape index (κ3) is 1.28. The summed E-state index contributed by atoms with van der Waals surface area (Å²) in [6.45, 7) is 1.34. The number of ether oxygens (including phenoxy) is 1. The molecule has 0 bridgehead atoms. The Morgan fingerprint density at radius 3 is 3.27 bits per heavy atom. The molecular weight excluding hydrogens is 146 g/mol. The van der Waals surface area contributed by atoms with Crippen molar-refractivity contribution in [1.82, 2.24) is 15.2 Å². The number of aromatic amines is 1. The van der Waals surface area contributed by atoms with Gasteiger partial charge in [-0.15, -0.1) is 0 Å². The number of amidine groups is 1. The smallest absolute Gasteiger partial charge is 0.291 e. The normalized spacial score (nSPS) is 15.8. The Kier molecular flexibility index (Phi) is 1.43. The number of hydrogen-bond donors (Lipinski definition) is 2. The van der Waals surface area contributed by atoms with Gasteiger partial charge in [-0.1, -0.05) is 0 Å². The van der Waals surface area contributed by atoms with Crippen LogP contribution in [0.2, 0.25) is 0 Å². The molecule has 1 aromatic rings. The maximum Gasteiger partial charge on any atom is 0.291 e. The summed E-state index contributed by atoms with van der Waals surface area (Å²) < 4.78 is 5.08. The second-order valence-electron chi connectivity index (χ2n) is 1.99. The van der Waals surface area contributed by atoms with Crippen LogP contribution in [0.1, 0.15) is 0 Å². The highest BCUT2D eigenvalue weighted by molar-refractivity contribution is 5.87. The summed E-state index contributed by atoms with van der Waals surface area (Å²) in [7, 11) is 0. The lowest BCUT2D eigenvalue weighted by atomic mass is 10.8. The summed E-state index contributed by atoms with van der Waals surface area (Å²) in [6, 6.07) is 0.502. The van der Waals surface area contributed by atoms with Crippen LogP contribution in [0.25, 0.3) is 0 Å². The van der Waals surface area contributed by atoms with E-state index in [0.717, 1.165) is 0 Å². The lowest BCUT2D eigenvalue weighted by molar-refractivity contribution is 0.346. The van der Waals surface area contributed by atoms with Crippen LogP contribution in [0.3, 0.4) is 0 Å². The number of rotatable bonds is 1. The van der Waals surface area contributed by atoms with E-state index in [-0.39, 0.29) is 0 Å². The van der Waals surface area contributed by atoms with E-state index in [2.05, 4.69) is 25.5 Å². The van der Waals surface area contributed by atoms with Crippen molar-refractivity contribution in [2.45, 2.75) is 0 Å². The molecule has 1 aliphatic heterocycles. The van der Waals surface area contributed by atoms with Gasteiger partial charge in [0, 0.05) is 0 Å². The minimum absolute atomic E-state index is 0.502. The summed E-state index contributed by atoms with van der Waals surface area (Å²) in [5.41, 5.74) is 0. The number of anilines is 1. The van der Waals surface area contributed by atoms with Crippen molar-refractivity contribution in [2.75, 3.05) is 18.5 Å². The Hall–Kier alpha value is -1.59. The largest absolute Gasteiger partial charge is 0.463 e. The van der Waals surface area contributed by atoms with Crippen molar-refractivity contribution in [3.05, 3.63) is 6.33 Å². The zero-order valence-electron chi connectivity index (χ0n) is 5.74. The van der Waals surface area contributed by atoms with Gasteiger partial charge in [-0.05, 0) is 0 Å². The van der Waals surface area contributed by atoms with Crippen molar-refractivity contribution >= 4 is 12.0 Å². The quantitative estimate of drug-likeness (QED) is 0.575. The molecule has 0 aromatic carbocycles. The van der Waals surface area contributed by atoms with E-state index in [1.807, 2.05) is 0 Å². The minimum Gasteiger partial charge on any atom is -0.463 e. The summed E-state index contributed by atoms with van der Waals surface area (Å²) in [5, 5.41) is 9.11. The molecule has 2 heterocycles. The average Bonchev–Trinajstić information content (AvgIpc) is 2.60. The van der Waals surface area contributed by atoms with E-state index in [1.165, 1.54) is 6.33 Å². The molecule has 58 valence electrons. The van der Waals surface area contributed by atoms with E-state index in [9.17, 15) is 0 Å². The van der Waals surface area contributed by atoms with Crippen LogP contribution in [0.4, 0.5) is 5.95 Å². The SMILES string of the molecule is c1n[nH]c(NC2=NCCO2)n1. The van der Waals surface area contributed by atoms with Crippen LogP contribution in [0.15, 0.2) is 11.3 Å². The van der Waals surface area contributed by atoms with Crippen LogP contribution < -0.4 is 5.32 Å². The molecule has 0 atom stereocenters. The predicted molar refractivity (Wildman–Crippen MR) is 38.3 cm³/mol. The van der Waals surface area contributed by atoms with Gasteiger partial charge in [0.05, 0.1) is 6.54 Å². The molecule has 0 aliphatic carbocycles. The first-order valence-corrected chi connectivity index (χ1v) is 3.25. The monoisotopic (exact) mass is 153 g/mol. The van der Waals surface area contributed by atoms with Crippen molar-refractivity contribution in [3.8, 4) is 0 Å². The van der Waals surface area contributed by atoms with Gasteiger partial charge in [0.25, 0.3) is 6.02 Å². The number of aromatic nitrogens is 3. The number of nitrogens with one attached hydrogen (secondary N) is 2. The number of hydrogen-bond acceptors (Lipinski definition) is 5. The fourth-order valence-electron chi connectivity index (χ4n) is 0.778. The molecule has 0 radical (unpaired) electrons. The van der Waals surface area contributed by atoms with E-state index in [4.69, 9.17) is 4.74 Å². The Labute approximate surface area is 62.7 Å². The first-order chi connectivity index (χ1) is 5.45. The van der Waals surface area contributed by atoms with Gasteiger partial charge < -0.3 is 4.74 Å². The molecule has 1 aliphatic rings. The van der Waals surface area contributed by atoms with Crippen LogP contribution in [0, 0.1) is 0 Å². The van der Waals surface area contributed by atoms with Gasteiger partial charge in [0.15, 0.2) is 0 Å². The first kappa shape index (κ1) is 6.14. The Bertz CT molecular complexity index is 254. The number of H-pyrrole nitrogens is 1. The lowest BCUT2D eigenvalue weighted by Crippen LogP contribution is -2.12. The third-order valence-electron chi connectivity index (χ3n) is 1.23. The van der Waals surface area contributed by atoms with E-state index in [1.54, 1.807) is 0 Å². The molecule has 0 fully saturated rings. The van der Waals surface area contributed by atoms with Gasteiger partial charge in [-0.3, -0.25) is 5.32 Å². The fourth-order valence-corrected chi connectivity index (χ4v) is 0.778. The predicted octanol–water partition coefficient (Wildman–Crippen LogP) is -0.397. The molecule has 1 aromatic heterocycles. The minimum atomic E-state index is 0.502. The first-order valence-electron chi connectivity index (χ1n) is 3.25. The maximum absolute atomic E-state index is 5.08. The summed E-state index contributed by atoms with van der Waals surface area (Å²) >= 11 is 0. The standard InChI is InChI=1S/C5H7N5O/c1-2-11-5(6-1)9-4-7-3-8-10-4/h3H,1-2H2,(H2,6,7,8,9,10). The highest BCUT2D eigenvalue weighted by atomic mass is 16.5. The van der Waals surface area contributed by atoms with Gasteiger partial charge in [0.1, 0.15) is 12.9 Å². The molecule has 0 spiro atoms. The fraction of sp³-hybridized carbons (Fsp3) is 0.400. The molecule has 6 heteroatoms. The highest BCUT2D eigenvalue weighted by Crippen LogP contribution is 1.98. The van der Waals surface area contributed by atoms with Crippen molar-refractivity contribution < 1.29 is 4.74 Å². The maximum atomic E-state index is 5.08. The molecule has 0 amide bonds. The van der Waals surface area contributed by atoms with Crippen LogP contribution in [-0.2, 0) is 4.74 Å². The van der Waals surface area contributed by atoms with Gasteiger partial charge in [-0.2, -0.15) is 10.1 Å². The van der Waals surface area contributed by atoms with Crippen LogP contribution in [0.5, 0.6) is 0 Å². The Morgan fingerprint density at radius 2 is 2.64 bits per heavy atom. The molecule has 2 rings (SSSR count). The molecule has 2 N–H and O–H groups in total. The van der Waals surface area contributed by atoms with E-state index >= 15 is 0 Å². The summed E-state index contributed by atoms with van der Waals surface area (Å²) in [4.78, 5) is 7.85. The van der Waals surface area contributed by atoms with Gasteiger partial charge in [0.2, 0.25) is 5.95 Å². The molecule has 0 saturated heterocycles. The average molecular weight is 153 g/mol. The van der Waals surface area contributed by atoms with Gasteiger partial charge in [-0.25, -0.2) is 10.1 Å². The molecule has 6 nitrogen and oxygen atoms in total. The Morgan fingerprint density at radius 1 is 1.64 bits per heavy atom. The summed E-state index contributed by atoms with van der Waals surface area (Å²) in [5.74, 6) is 0.547. The zero-order valence-corrected chi connectivity index (χ0v) is 5.74. The Balaban J connectivity index is 2.00. The highest BCUT2D eigenvalue weighted by Gasteiger charge is 2.07. The van der Waals surface area contributed by atoms with Crippen LogP contribution in [-0.4, -0.2) is 34.4 Å². The molecule has 0 saturated carbocycles. The van der Waals surface area contributed by atoms with E-state index < -0.39 is 0 Å². The van der Waals surface area contributed by atoms with Crippen molar-refractivity contribution in [3.63, 3.8) is 0 Å². The molecule has 11 heavy (non-hydrogen) atoms. The number of nitrogens with zero attached hydrogens (tertiary/aromatic N) is 3. The lowest BCUT2D eigenvalue weighted by Gasteiger charge is -1.99. The number of aliphatic imine (C=N–C) groups is 1. The molecule has 0 unspecified atom stereocenters. The van der Waals surface area contributed by atoms with Crippen LogP contribution >= 0.6 is 0 Å². The van der Waals surface area contributed by atoms with Crippen molar-refractivity contribution in [1.29, 1.82) is 0 Å². The topological polar surface area (TPSA) is 75.2 Å². The van der Waals surface area contributed by atoms with Gasteiger partial charge >= 0.3 is 0 Å². The second kappa shape index (κ2) is 2.57.